The Bertz CT molecular complexity index is 973. The number of likely N-dealkylation sites (tertiary alicyclic amines) is 1. The minimum absolute atomic E-state index is 0.176. The highest BCUT2D eigenvalue weighted by atomic mass is 19.4. The van der Waals surface area contributed by atoms with E-state index >= 15 is 0 Å². The van der Waals surface area contributed by atoms with Crippen molar-refractivity contribution in [1.29, 1.82) is 0 Å². The van der Waals surface area contributed by atoms with E-state index in [9.17, 15) is 22.8 Å². The van der Waals surface area contributed by atoms with Crippen LogP contribution in [0.5, 0.6) is 17.2 Å². The maximum absolute atomic E-state index is 13.0. The van der Waals surface area contributed by atoms with Gasteiger partial charge in [0.15, 0.2) is 6.61 Å². The number of para-hydroxylation sites is 1. The topological polar surface area (TPSA) is 68.3 Å². The van der Waals surface area contributed by atoms with Crippen molar-refractivity contribution in [2.24, 2.45) is 0 Å². The smallest absolute Gasteiger partial charge is 0.490 e. The molecule has 178 valence electrons. The molecule has 2 amide bonds. The third-order valence-corrected chi connectivity index (χ3v) is 5.04. The fourth-order valence-electron chi connectivity index (χ4n) is 3.32. The molecule has 7 nitrogen and oxygen atoms in total. The molecule has 1 fully saturated rings. The number of nitrogens with zero attached hydrogens (tertiary/aromatic N) is 2. The largest absolute Gasteiger partial charge is 0.573 e. The molecule has 3 rings (SSSR count). The molecule has 2 aromatic carbocycles. The molecule has 1 heterocycles. The quantitative estimate of drug-likeness (QED) is 0.622. The maximum atomic E-state index is 13.0. The first-order valence-electron chi connectivity index (χ1n) is 10.4. The standard InChI is InChI=1S/C23H25F3N2O5/c1-27(2)21(29)15-31-20-9-4-3-8-19(20)22(30)28-12-10-16(11-13-28)32-17-6-5-7-18(14-17)33-23(24,25)26/h3-9,14,16H,10-13,15H2,1-2H3. The van der Waals surface area contributed by atoms with Gasteiger partial charge in [0.1, 0.15) is 23.4 Å². The molecule has 1 aliphatic rings. The minimum atomic E-state index is -4.77. The number of alkyl halides is 3. The van der Waals surface area contributed by atoms with E-state index in [1.165, 1.54) is 23.1 Å². The van der Waals surface area contributed by atoms with Crippen molar-refractivity contribution >= 4 is 11.8 Å². The average molecular weight is 466 g/mol. The Balaban J connectivity index is 1.57. The van der Waals surface area contributed by atoms with Crippen LogP contribution in [0.4, 0.5) is 13.2 Å². The number of halogens is 3. The number of ether oxygens (including phenoxy) is 3. The molecule has 0 radical (unpaired) electrons. The van der Waals surface area contributed by atoms with E-state index in [2.05, 4.69) is 4.74 Å². The Kier molecular flexibility index (Phi) is 7.67. The van der Waals surface area contributed by atoms with Gasteiger partial charge in [-0.2, -0.15) is 0 Å². The first kappa shape index (κ1) is 24.2. The third-order valence-electron chi connectivity index (χ3n) is 5.04. The Morgan fingerprint density at radius 2 is 1.70 bits per heavy atom. The van der Waals surface area contributed by atoms with Gasteiger partial charge >= 0.3 is 6.36 Å². The van der Waals surface area contributed by atoms with E-state index < -0.39 is 6.36 Å². The summed E-state index contributed by atoms with van der Waals surface area (Å²) in [6.45, 7) is 0.644. The fourth-order valence-corrected chi connectivity index (χ4v) is 3.32. The molecule has 2 aromatic rings. The molecule has 10 heteroatoms. The van der Waals surface area contributed by atoms with E-state index in [0.29, 0.717) is 37.2 Å². The summed E-state index contributed by atoms with van der Waals surface area (Å²) >= 11 is 0. The molecule has 1 saturated heterocycles. The van der Waals surface area contributed by atoms with Gasteiger partial charge in [-0.05, 0) is 24.3 Å². The number of hydrogen-bond acceptors (Lipinski definition) is 5. The van der Waals surface area contributed by atoms with Crippen molar-refractivity contribution < 1.29 is 37.0 Å². The van der Waals surface area contributed by atoms with Crippen molar-refractivity contribution in [1.82, 2.24) is 9.80 Å². The van der Waals surface area contributed by atoms with Crippen LogP contribution in [0.25, 0.3) is 0 Å². The number of benzene rings is 2. The molecular formula is C23H25F3N2O5. The van der Waals surface area contributed by atoms with E-state index in [0.717, 1.165) is 0 Å². The van der Waals surface area contributed by atoms with Gasteiger partial charge in [-0.25, -0.2) is 0 Å². The second-order valence-corrected chi connectivity index (χ2v) is 7.71. The predicted octanol–water partition coefficient (Wildman–Crippen LogP) is 3.74. The SMILES string of the molecule is CN(C)C(=O)COc1ccccc1C(=O)N1CCC(Oc2cccc(OC(F)(F)F)c2)CC1. The van der Waals surface area contributed by atoms with Gasteiger partial charge in [0.2, 0.25) is 0 Å². The zero-order valence-corrected chi connectivity index (χ0v) is 18.3. The highest BCUT2D eigenvalue weighted by Gasteiger charge is 2.31. The van der Waals surface area contributed by atoms with Gasteiger partial charge in [-0.15, -0.1) is 13.2 Å². The summed E-state index contributed by atoms with van der Waals surface area (Å²) in [6.07, 6.45) is -4.00. The molecule has 0 aliphatic carbocycles. The lowest BCUT2D eigenvalue weighted by molar-refractivity contribution is -0.274. The number of hydrogen-bond donors (Lipinski definition) is 0. The summed E-state index contributed by atoms with van der Waals surface area (Å²) in [6, 6.07) is 12.1. The summed E-state index contributed by atoms with van der Waals surface area (Å²) in [5, 5.41) is 0. The molecule has 1 aliphatic heterocycles. The Labute approximate surface area is 189 Å². The first-order chi connectivity index (χ1) is 15.6. The molecule has 0 unspecified atom stereocenters. The van der Waals surface area contributed by atoms with Crippen LogP contribution in [0.1, 0.15) is 23.2 Å². The normalized spacial score (nSPS) is 14.5. The van der Waals surface area contributed by atoms with Crippen LogP contribution in [0.2, 0.25) is 0 Å². The van der Waals surface area contributed by atoms with Gasteiger partial charge in [-0.3, -0.25) is 9.59 Å². The highest BCUT2D eigenvalue weighted by molar-refractivity contribution is 5.97. The molecule has 0 aromatic heterocycles. The summed E-state index contributed by atoms with van der Waals surface area (Å²) in [5.41, 5.74) is 0.362. The summed E-state index contributed by atoms with van der Waals surface area (Å²) in [7, 11) is 3.24. The van der Waals surface area contributed by atoms with Crippen LogP contribution in [-0.2, 0) is 4.79 Å². The Morgan fingerprint density at radius 1 is 1.03 bits per heavy atom. The minimum Gasteiger partial charge on any atom is -0.490 e. The van der Waals surface area contributed by atoms with Crippen LogP contribution >= 0.6 is 0 Å². The van der Waals surface area contributed by atoms with Gasteiger partial charge in [0.25, 0.3) is 11.8 Å². The zero-order chi connectivity index (χ0) is 24.0. The highest BCUT2D eigenvalue weighted by Crippen LogP contribution is 2.28. The van der Waals surface area contributed by atoms with E-state index in [4.69, 9.17) is 9.47 Å². The lowest BCUT2D eigenvalue weighted by atomic mass is 10.1. The van der Waals surface area contributed by atoms with Crippen molar-refractivity contribution in [3.05, 3.63) is 54.1 Å². The van der Waals surface area contributed by atoms with Crippen molar-refractivity contribution in [2.75, 3.05) is 33.8 Å². The molecule has 0 saturated carbocycles. The first-order valence-corrected chi connectivity index (χ1v) is 10.4. The van der Waals surface area contributed by atoms with E-state index in [1.54, 1.807) is 49.3 Å². The van der Waals surface area contributed by atoms with Crippen molar-refractivity contribution in [2.45, 2.75) is 25.3 Å². The van der Waals surface area contributed by atoms with Crippen molar-refractivity contribution in [3.8, 4) is 17.2 Å². The number of amides is 2. The van der Waals surface area contributed by atoms with Crippen molar-refractivity contribution in [3.63, 3.8) is 0 Å². The van der Waals surface area contributed by atoms with E-state index in [-0.39, 0.29) is 36.0 Å². The average Bonchev–Trinajstić information content (AvgIpc) is 2.76. The zero-order valence-electron chi connectivity index (χ0n) is 18.3. The van der Waals surface area contributed by atoms with Crippen LogP contribution in [0.15, 0.2) is 48.5 Å². The Morgan fingerprint density at radius 3 is 2.36 bits per heavy atom. The number of piperidine rings is 1. The second kappa shape index (κ2) is 10.5. The van der Waals surface area contributed by atoms with Gasteiger partial charge < -0.3 is 24.0 Å². The van der Waals surface area contributed by atoms with Gasteiger partial charge in [0, 0.05) is 46.1 Å². The van der Waals surface area contributed by atoms with Crippen LogP contribution in [0, 0.1) is 0 Å². The predicted molar refractivity (Wildman–Crippen MR) is 113 cm³/mol. The molecule has 0 atom stereocenters. The molecule has 0 N–H and O–H groups in total. The number of likely N-dealkylation sites (N-methyl/N-ethyl adjacent to an activating group) is 1. The van der Waals surface area contributed by atoms with E-state index in [1.807, 2.05) is 0 Å². The molecular weight excluding hydrogens is 441 g/mol. The monoisotopic (exact) mass is 466 g/mol. The number of rotatable bonds is 7. The lowest BCUT2D eigenvalue weighted by Gasteiger charge is -2.32. The third kappa shape index (κ3) is 7.03. The second-order valence-electron chi connectivity index (χ2n) is 7.71. The molecule has 0 spiro atoms. The summed E-state index contributed by atoms with van der Waals surface area (Å²) in [4.78, 5) is 27.9. The number of carbonyl (C=O) groups excluding carboxylic acids is 2. The molecule has 0 bridgehead atoms. The number of carbonyl (C=O) groups is 2. The van der Waals surface area contributed by atoms with Crippen LogP contribution in [-0.4, -0.2) is 67.9 Å². The van der Waals surface area contributed by atoms with Crippen LogP contribution in [0.3, 0.4) is 0 Å². The Hall–Kier alpha value is -3.43. The van der Waals surface area contributed by atoms with Crippen LogP contribution < -0.4 is 14.2 Å². The lowest BCUT2D eigenvalue weighted by Crippen LogP contribution is -2.42. The maximum Gasteiger partial charge on any atom is 0.573 e. The van der Waals surface area contributed by atoms with Gasteiger partial charge in [0.05, 0.1) is 5.56 Å². The fraction of sp³-hybridized carbons (Fsp3) is 0.391. The summed E-state index contributed by atoms with van der Waals surface area (Å²) < 4.78 is 52.5. The molecule has 33 heavy (non-hydrogen) atoms. The van der Waals surface area contributed by atoms with Gasteiger partial charge in [-0.1, -0.05) is 18.2 Å². The summed E-state index contributed by atoms with van der Waals surface area (Å²) in [5.74, 6) is -0.192.